The maximum Gasteiger partial charge on any atom is 0.325 e. The summed E-state index contributed by atoms with van der Waals surface area (Å²) in [5.74, 6) is -0.418. The lowest BCUT2D eigenvalue weighted by atomic mass is 9.80. The lowest BCUT2D eigenvalue weighted by Crippen LogP contribution is -2.44. The number of carbonyl (C=O) groups excluding carboxylic acids is 2. The fourth-order valence-electron chi connectivity index (χ4n) is 2.91. The predicted molar refractivity (Wildman–Crippen MR) is 70.6 cm³/mol. The molecule has 7 heteroatoms. The first kappa shape index (κ1) is 14.5. The summed E-state index contributed by atoms with van der Waals surface area (Å²) in [7, 11) is 2.96. The molecule has 2 rings (SSSR count). The molecule has 1 aliphatic rings. The highest BCUT2D eigenvalue weighted by Crippen LogP contribution is 2.42. The summed E-state index contributed by atoms with van der Waals surface area (Å²) >= 11 is 0. The predicted octanol–water partition coefficient (Wildman–Crippen LogP) is 0.539. The number of rotatable bonds is 5. The van der Waals surface area contributed by atoms with Crippen molar-refractivity contribution in [1.29, 1.82) is 0 Å². The molecule has 0 unspecified atom stereocenters. The van der Waals surface area contributed by atoms with Crippen LogP contribution in [0.4, 0.5) is 0 Å². The largest absolute Gasteiger partial charge is 0.468 e. The van der Waals surface area contributed by atoms with Crippen molar-refractivity contribution in [1.82, 2.24) is 20.3 Å². The third-order valence-corrected chi connectivity index (χ3v) is 3.94. The molecule has 0 aromatic carbocycles. The minimum absolute atomic E-state index is 0.0107. The Balaban J connectivity index is 2.11. The van der Waals surface area contributed by atoms with Crippen molar-refractivity contribution < 1.29 is 14.3 Å². The number of nitrogens with one attached hydrogen (secondary N) is 1. The number of H-pyrrole nitrogens is 1. The molecule has 1 heterocycles. The quantitative estimate of drug-likeness (QED) is 0.795. The van der Waals surface area contributed by atoms with Crippen LogP contribution in [0, 0.1) is 5.41 Å². The van der Waals surface area contributed by atoms with Crippen molar-refractivity contribution in [2.75, 3.05) is 20.7 Å². The van der Waals surface area contributed by atoms with Crippen LogP contribution in [-0.4, -0.2) is 52.9 Å². The lowest BCUT2D eigenvalue weighted by molar-refractivity contribution is -0.150. The Hall–Kier alpha value is -1.92. The van der Waals surface area contributed by atoms with Gasteiger partial charge in [0, 0.05) is 13.5 Å². The van der Waals surface area contributed by atoms with Gasteiger partial charge in [-0.25, -0.2) is 0 Å². The molecule has 7 nitrogen and oxygen atoms in total. The Morgan fingerprint density at radius 3 is 2.70 bits per heavy atom. The smallest absolute Gasteiger partial charge is 0.325 e. The molecule has 0 bridgehead atoms. The van der Waals surface area contributed by atoms with Gasteiger partial charge in [-0.3, -0.25) is 9.59 Å². The Morgan fingerprint density at radius 2 is 2.15 bits per heavy atom. The molecule has 0 atom stereocenters. The van der Waals surface area contributed by atoms with E-state index in [0.29, 0.717) is 6.42 Å². The van der Waals surface area contributed by atoms with Gasteiger partial charge in [0.25, 0.3) is 0 Å². The Labute approximate surface area is 117 Å². The molecule has 1 fully saturated rings. The van der Waals surface area contributed by atoms with Crippen LogP contribution in [0.5, 0.6) is 0 Å². The minimum Gasteiger partial charge on any atom is -0.468 e. The average molecular weight is 280 g/mol. The first-order valence-electron chi connectivity index (χ1n) is 6.74. The molecular weight excluding hydrogens is 260 g/mol. The number of methoxy groups -OCH3 is 1. The highest BCUT2D eigenvalue weighted by molar-refractivity contribution is 5.86. The number of hydrogen-bond donors (Lipinski definition) is 1. The van der Waals surface area contributed by atoms with Crippen LogP contribution in [0.1, 0.15) is 31.4 Å². The molecule has 0 spiro atoms. The minimum atomic E-state index is -0.459. The molecule has 1 amide bonds. The first-order valence-corrected chi connectivity index (χ1v) is 6.74. The van der Waals surface area contributed by atoms with E-state index in [2.05, 4.69) is 20.1 Å². The SMILES string of the molecule is COC(=O)CN(C)C(=O)C1(Cc2cn[nH]n2)CCCC1. The lowest BCUT2D eigenvalue weighted by Gasteiger charge is -2.31. The van der Waals surface area contributed by atoms with Crippen LogP contribution >= 0.6 is 0 Å². The summed E-state index contributed by atoms with van der Waals surface area (Å²) in [6.07, 6.45) is 5.90. The summed E-state index contributed by atoms with van der Waals surface area (Å²) in [5.41, 5.74) is 0.325. The van der Waals surface area contributed by atoms with Crippen LogP contribution in [0.15, 0.2) is 6.20 Å². The molecule has 20 heavy (non-hydrogen) atoms. The van der Waals surface area contributed by atoms with Gasteiger partial charge in [0.15, 0.2) is 0 Å². The molecule has 0 aliphatic heterocycles. The van der Waals surface area contributed by atoms with E-state index in [1.54, 1.807) is 13.2 Å². The molecule has 1 aromatic heterocycles. The van der Waals surface area contributed by atoms with Gasteiger partial charge in [-0.15, -0.1) is 0 Å². The zero-order valence-electron chi connectivity index (χ0n) is 11.9. The van der Waals surface area contributed by atoms with E-state index in [4.69, 9.17) is 0 Å². The van der Waals surface area contributed by atoms with Gasteiger partial charge in [-0.05, 0) is 12.8 Å². The van der Waals surface area contributed by atoms with Gasteiger partial charge in [-0.2, -0.15) is 15.4 Å². The van der Waals surface area contributed by atoms with Crippen molar-refractivity contribution in [3.63, 3.8) is 0 Å². The van der Waals surface area contributed by atoms with Crippen molar-refractivity contribution >= 4 is 11.9 Å². The number of ether oxygens (including phenoxy) is 1. The van der Waals surface area contributed by atoms with Gasteiger partial charge < -0.3 is 9.64 Å². The van der Waals surface area contributed by atoms with Crippen molar-refractivity contribution in [2.45, 2.75) is 32.1 Å². The summed E-state index contributed by atoms with van der Waals surface area (Å²) < 4.78 is 4.61. The Bertz CT molecular complexity index is 466. The maximum atomic E-state index is 12.7. The van der Waals surface area contributed by atoms with Gasteiger partial charge in [0.2, 0.25) is 5.91 Å². The standard InChI is InChI=1S/C13H20N4O3/c1-17(9-11(18)20-2)12(19)13(5-3-4-6-13)7-10-8-14-16-15-10/h8H,3-7,9H2,1-2H3,(H,14,15,16). The molecule has 1 aliphatic carbocycles. The van der Waals surface area contributed by atoms with Crippen molar-refractivity contribution in [3.05, 3.63) is 11.9 Å². The monoisotopic (exact) mass is 280 g/mol. The first-order chi connectivity index (χ1) is 9.57. The fourth-order valence-corrected chi connectivity index (χ4v) is 2.91. The zero-order valence-corrected chi connectivity index (χ0v) is 11.9. The topological polar surface area (TPSA) is 88.2 Å². The van der Waals surface area contributed by atoms with Crippen LogP contribution in [0.25, 0.3) is 0 Å². The highest BCUT2D eigenvalue weighted by atomic mass is 16.5. The Kier molecular flexibility index (Phi) is 4.36. The second kappa shape index (κ2) is 6.02. The highest BCUT2D eigenvalue weighted by Gasteiger charge is 2.43. The molecular formula is C13H20N4O3. The second-order valence-corrected chi connectivity index (χ2v) is 5.36. The molecule has 1 aromatic rings. The summed E-state index contributed by atoms with van der Waals surface area (Å²) in [6.45, 7) is -0.0180. The van der Waals surface area contributed by atoms with E-state index >= 15 is 0 Å². The van der Waals surface area contributed by atoms with E-state index in [1.807, 2.05) is 0 Å². The van der Waals surface area contributed by atoms with Gasteiger partial charge in [-0.1, -0.05) is 12.8 Å². The summed E-state index contributed by atoms with van der Waals surface area (Å²) in [6, 6.07) is 0. The number of likely N-dealkylation sites (N-methyl/N-ethyl adjacent to an activating group) is 1. The van der Waals surface area contributed by atoms with Crippen LogP contribution in [-0.2, 0) is 20.7 Å². The zero-order chi connectivity index (χ0) is 14.6. The number of amides is 1. The normalized spacial score (nSPS) is 16.9. The molecule has 0 radical (unpaired) electrons. The van der Waals surface area contributed by atoms with Crippen LogP contribution in [0.2, 0.25) is 0 Å². The van der Waals surface area contributed by atoms with Gasteiger partial charge in [0.1, 0.15) is 6.54 Å². The molecule has 0 saturated heterocycles. The number of esters is 1. The van der Waals surface area contributed by atoms with Gasteiger partial charge in [0.05, 0.1) is 24.4 Å². The van der Waals surface area contributed by atoms with Crippen molar-refractivity contribution in [2.24, 2.45) is 5.41 Å². The summed E-state index contributed by atoms with van der Waals surface area (Å²) in [4.78, 5) is 25.5. The average Bonchev–Trinajstić information content (AvgIpc) is 3.10. The van der Waals surface area contributed by atoms with E-state index in [-0.39, 0.29) is 12.5 Å². The number of nitrogens with zero attached hydrogens (tertiary/aromatic N) is 3. The maximum absolute atomic E-state index is 12.7. The molecule has 1 N–H and O–H groups in total. The van der Waals surface area contributed by atoms with Gasteiger partial charge >= 0.3 is 5.97 Å². The van der Waals surface area contributed by atoms with Crippen LogP contribution in [0.3, 0.4) is 0 Å². The number of aromatic nitrogens is 3. The third kappa shape index (κ3) is 2.97. The molecule has 110 valence electrons. The fraction of sp³-hybridized carbons (Fsp3) is 0.692. The molecule has 1 saturated carbocycles. The van der Waals surface area contributed by atoms with E-state index in [9.17, 15) is 9.59 Å². The number of aromatic amines is 1. The van der Waals surface area contributed by atoms with Crippen LogP contribution < -0.4 is 0 Å². The second-order valence-electron chi connectivity index (χ2n) is 5.36. The summed E-state index contributed by atoms with van der Waals surface area (Å²) in [5, 5.41) is 10.4. The van der Waals surface area contributed by atoms with E-state index < -0.39 is 11.4 Å². The van der Waals surface area contributed by atoms with E-state index in [0.717, 1.165) is 31.4 Å². The number of carbonyl (C=O) groups is 2. The third-order valence-electron chi connectivity index (χ3n) is 3.94. The van der Waals surface area contributed by atoms with E-state index in [1.165, 1.54) is 12.0 Å². The Morgan fingerprint density at radius 1 is 1.45 bits per heavy atom. The van der Waals surface area contributed by atoms with Crippen molar-refractivity contribution in [3.8, 4) is 0 Å². The number of hydrogen-bond acceptors (Lipinski definition) is 5.